The van der Waals surface area contributed by atoms with Gasteiger partial charge < -0.3 is 24.6 Å². The normalized spacial score (nSPS) is 17.5. The van der Waals surface area contributed by atoms with Crippen molar-refractivity contribution in [3.63, 3.8) is 0 Å². The highest BCUT2D eigenvalue weighted by atomic mass is 19.4. The number of amides is 2. The molecular formula is C22H19F3N4O4. The monoisotopic (exact) mass is 460 g/mol. The zero-order valence-electron chi connectivity index (χ0n) is 17.5. The summed E-state index contributed by atoms with van der Waals surface area (Å²) in [7, 11) is 1.42. The number of benzene rings is 2. The van der Waals surface area contributed by atoms with Crippen LogP contribution in [0.5, 0.6) is 11.5 Å². The van der Waals surface area contributed by atoms with E-state index in [1.807, 2.05) is 0 Å². The fourth-order valence-corrected chi connectivity index (χ4v) is 3.91. The molecule has 2 aliphatic heterocycles. The molecule has 0 aromatic heterocycles. The largest absolute Gasteiger partial charge is 0.454 e. The highest BCUT2D eigenvalue weighted by Crippen LogP contribution is 2.36. The molecule has 2 aromatic carbocycles. The van der Waals surface area contributed by atoms with Gasteiger partial charge in [-0.05, 0) is 36.4 Å². The lowest BCUT2D eigenvalue weighted by Crippen LogP contribution is -2.60. The second-order valence-corrected chi connectivity index (χ2v) is 7.48. The lowest BCUT2D eigenvalue weighted by atomic mass is 10.0. The maximum absolute atomic E-state index is 13.4. The first-order valence-corrected chi connectivity index (χ1v) is 10.0. The van der Waals surface area contributed by atoms with Crippen LogP contribution in [0.15, 0.2) is 36.4 Å². The minimum Gasteiger partial charge on any atom is -0.454 e. The maximum atomic E-state index is 13.4. The SMILES string of the molecule is CNC(=O)C1CN(c2ccc(C#N)c(C(F)(F)F)c2)CCN1C(=O)c1ccc2c(c1)OCO2. The third-order valence-corrected chi connectivity index (χ3v) is 5.60. The first kappa shape index (κ1) is 22.3. The van der Waals surface area contributed by atoms with E-state index < -0.39 is 35.2 Å². The summed E-state index contributed by atoms with van der Waals surface area (Å²) in [6.45, 7) is 0.343. The number of nitriles is 1. The van der Waals surface area contributed by atoms with Gasteiger partial charge in [0, 0.05) is 37.9 Å². The van der Waals surface area contributed by atoms with Crippen molar-refractivity contribution in [1.82, 2.24) is 10.2 Å². The number of carbonyl (C=O) groups excluding carboxylic acids is 2. The smallest absolute Gasteiger partial charge is 0.417 e. The van der Waals surface area contributed by atoms with E-state index in [0.29, 0.717) is 17.1 Å². The summed E-state index contributed by atoms with van der Waals surface area (Å²) in [6.07, 6.45) is -4.70. The van der Waals surface area contributed by atoms with Crippen LogP contribution < -0.4 is 19.7 Å². The fraction of sp³-hybridized carbons (Fsp3) is 0.318. The van der Waals surface area contributed by atoms with E-state index in [4.69, 9.17) is 14.7 Å². The Bertz CT molecular complexity index is 1150. The van der Waals surface area contributed by atoms with Gasteiger partial charge in [-0.3, -0.25) is 9.59 Å². The van der Waals surface area contributed by atoms with Gasteiger partial charge in [-0.1, -0.05) is 0 Å². The Kier molecular flexibility index (Phi) is 5.76. The van der Waals surface area contributed by atoms with Crippen LogP contribution in [0.4, 0.5) is 18.9 Å². The fourth-order valence-electron chi connectivity index (χ4n) is 3.91. The van der Waals surface area contributed by atoms with Gasteiger partial charge in [0.25, 0.3) is 5.91 Å². The number of nitrogens with zero attached hydrogens (tertiary/aromatic N) is 3. The van der Waals surface area contributed by atoms with Crippen molar-refractivity contribution in [3.05, 3.63) is 53.1 Å². The molecule has 1 N–H and O–H groups in total. The van der Waals surface area contributed by atoms with E-state index in [1.54, 1.807) is 23.1 Å². The Hall–Kier alpha value is -3.94. The number of carbonyl (C=O) groups is 2. The first-order valence-electron chi connectivity index (χ1n) is 10.0. The van der Waals surface area contributed by atoms with Gasteiger partial charge in [0.2, 0.25) is 12.7 Å². The Morgan fingerprint density at radius 3 is 2.58 bits per heavy atom. The summed E-state index contributed by atoms with van der Waals surface area (Å²) in [5.74, 6) is 0.0876. The van der Waals surface area contributed by atoms with Crippen molar-refractivity contribution in [2.24, 2.45) is 0 Å². The number of hydrogen-bond donors (Lipinski definition) is 1. The van der Waals surface area contributed by atoms with E-state index in [-0.39, 0.29) is 32.1 Å². The molecule has 1 saturated heterocycles. The predicted molar refractivity (Wildman–Crippen MR) is 110 cm³/mol. The number of fused-ring (bicyclic) bond motifs is 1. The molecule has 0 aliphatic carbocycles. The molecule has 11 heteroatoms. The van der Waals surface area contributed by atoms with Crippen LogP contribution in [0.3, 0.4) is 0 Å². The van der Waals surface area contributed by atoms with Crippen LogP contribution in [-0.4, -0.2) is 56.2 Å². The molecule has 4 rings (SSSR count). The van der Waals surface area contributed by atoms with E-state index in [0.717, 1.165) is 12.1 Å². The molecule has 0 saturated carbocycles. The summed E-state index contributed by atoms with van der Waals surface area (Å²) in [5.41, 5.74) is -1.01. The number of halogens is 3. The molecular weight excluding hydrogens is 441 g/mol. The molecule has 33 heavy (non-hydrogen) atoms. The second kappa shape index (κ2) is 8.54. The molecule has 2 amide bonds. The van der Waals surface area contributed by atoms with Crippen LogP contribution in [0.1, 0.15) is 21.5 Å². The van der Waals surface area contributed by atoms with Crippen LogP contribution >= 0.6 is 0 Å². The molecule has 2 heterocycles. The molecule has 172 valence electrons. The van der Waals surface area contributed by atoms with E-state index in [1.165, 1.54) is 24.1 Å². The van der Waals surface area contributed by atoms with Gasteiger partial charge in [-0.25, -0.2) is 0 Å². The molecule has 1 fully saturated rings. The highest BCUT2D eigenvalue weighted by Gasteiger charge is 2.38. The van der Waals surface area contributed by atoms with Crippen LogP contribution in [0.2, 0.25) is 0 Å². The van der Waals surface area contributed by atoms with Crippen molar-refractivity contribution in [3.8, 4) is 17.6 Å². The van der Waals surface area contributed by atoms with E-state index in [2.05, 4.69) is 5.32 Å². The second-order valence-electron chi connectivity index (χ2n) is 7.48. The average molecular weight is 460 g/mol. The molecule has 0 spiro atoms. The lowest BCUT2D eigenvalue weighted by Gasteiger charge is -2.41. The minimum absolute atomic E-state index is 0.0147. The number of likely N-dealkylation sites (N-methyl/N-ethyl adjacent to an activating group) is 1. The average Bonchev–Trinajstić information content (AvgIpc) is 3.29. The predicted octanol–water partition coefficient (Wildman–Crippen LogP) is 2.38. The number of hydrogen-bond acceptors (Lipinski definition) is 6. The number of alkyl halides is 3. The molecule has 2 aromatic rings. The number of anilines is 1. The van der Waals surface area contributed by atoms with Gasteiger partial charge in [-0.15, -0.1) is 0 Å². The third-order valence-electron chi connectivity index (χ3n) is 5.60. The van der Waals surface area contributed by atoms with Gasteiger partial charge in [0.1, 0.15) is 6.04 Å². The highest BCUT2D eigenvalue weighted by molar-refractivity contribution is 5.98. The summed E-state index contributed by atoms with van der Waals surface area (Å²) in [6, 6.07) is 8.74. The van der Waals surface area contributed by atoms with Crippen LogP contribution in [0.25, 0.3) is 0 Å². The number of piperazine rings is 1. The van der Waals surface area contributed by atoms with Crippen molar-refractivity contribution < 1.29 is 32.2 Å². The van der Waals surface area contributed by atoms with Gasteiger partial charge in [-0.2, -0.15) is 18.4 Å². The summed E-state index contributed by atoms with van der Waals surface area (Å²) in [4.78, 5) is 28.8. The minimum atomic E-state index is -4.70. The van der Waals surface area contributed by atoms with E-state index >= 15 is 0 Å². The van der Waals surface area contributed by atoms with Gasteiger partial charge in [0.05, 0.1) is 17.2 Å². The third kappa shape index (κ3) is 4.24. The standard InChI is InChI=1S/C22H19F3N4O4/c1-27-20(30)17-11-28(15-4-2-14(10-26)16(9-15)22(23,24)25)6-7-29(17)21(31)13-3-5-18-19(8-13)33-12-32-18/h2-5,8-9,17H,6-7,11-12H2,1H3,(H,27,30). The Morgan fingerprint density at radius 1 is 1.12 bits per heavy atom. The van der Waals surface area contributed by atoms with Crippen molar-refractivity contribution >= 4 is 17.5 Å². The van der Waals surface area contributed by atoms with E-state index in [9.17, 15) is 22.8 Å². The molecule has 0 radical (unpaired) electrons. The topological polar surface area (TPSA) is 94.9 Å². The maximum Gasteiger partial charge on any atom is 0.417 e. The number of nitrogens with one attached hydrogen (secondary N) is 1. The molecule has 1 unspecified atom stereocenters. The number of rotatable bonds is 3. The zero-order valence-corrected chi connectivity index (χ0v) is 17.5. The Morgan fingerprint density at radius 2 is 1.88 bits per heavy atom. The summed E-state index contributed by atoms with van der Waals surface area (Å²) >= 11 is 0. The molecule has 1 atom stereocenters. The zero-order chi connectivity index (χ0) is 23.8. The molecule has 0 bridgehead atoms. The Labute approximate surface area is 187 Å². The van der Waals surface area contributed by atoms with Crippen molar-refractivity contribution in [2.45, 2.75) is 12.2 Å². The van der Waals surface area contributed by atoms with Crippen LogP contribution in [-0.2, 0) is 11.0 Å². The summed E-state index contributed by atoms with van der Waals surface area (Å²) in [5, 5.41) is 11.5. The lowest BCUT2D eigenvalue weighted by molar-refractivity contribution is -0.137. The van der Waals surface area contributed by atoms with Crippen molar-refractivity contribution in [1.29, 1.82) is 5.26 Å². The summed E-state index contributed by atoms with van der Waals surface area (Å²) < 4.78 is 50.7. The van der Waals surface area contributed by atoms with Crippen molar-refractivity contribution in [2.75, 3.05) is 38.4 Å². The quantitative estimate of drug-likeness (QED) is 0.756. The molecule has 2 aliphatic rings. The number of ether oxygens (including phenoxy) is 2. The Balaban J connectivity index is 1.61. The first-order chi connectivity index (χ1) is 15.7. The van der Waals surface area contributed by atoms with Crippen LogP contribution in [0, 0.1) is 11.3 Å². The molecule has 8 nitrogen and oxygen atoms in total. The van der Waals surface area contributed by atoms with Gasteiger partial charge in [0.15, 0.2) is 11.5 Å². The van der Waals surface area contributed by atoms with Gasteiger partial charge >= 0.3 is 6.18 Å².